The van der Waals surface area contributed by atoms with E-state index in [-0.39, 0.29) is 6.61 Å². The highest BCUT2D eigenvalue weighted by molar-refractivity contribution is 5.43. The van der Waals surface area contributed by atoms with E-state index < -0.39 is 0 Å². The molecular weight excluding hydrogens is 202 g/mol. The van der Waals surface area contributed by atoms with E-state index in [0.29, 0.717) is 17.7 Å². The number of nitrogens with zero attached hydrogens (tertiary/aromatic N) is 2. The smallest absolute Gasteiger partial charge is 0.140 e. The van der Waals surface area contributed by atoms with E-state index in [1.165, 1.54) is 0 Å². The minimum atomic E-state index is 0.237. The maximum Gasteiger partial charge on any atom is 0.140 e. The fourth-order valence-electron chi connectivity index (χ4n) is 2.20. The molecule has 16 heavy (non-hydrogen) atoms. The van der Waals surface area contributed by atoms with Gasteiger partial charge in [-0.2, -0.15) is 5.26 Å². The van der Waals surface area contributed by atoms with Crippen LogP contribution in [0.1, 0.15) is 25.0 Å². The van der Waals surface area contributed by atoms with E-state index in [1.54, 1.807) is 12.3 Å². The molecular formula is C12H15N3O. The highest BCUT2D eigenvalue weighted by atomic mass is 16.3. The summed E-state index contributed by atoms with van der Waals surface area (Å²) in [5.74, 6) is 0.343. The van der Waals surface area contributed by atoms with Gasteiger partial charge in [0.25, 0.3) is 0 Å². The van der Waals surface area contributed by atoms with E-state index in [9.17, 15) is 5.11 Å². The van der Waals surface area contributed by atoms with Crippen molar-refractivity contribution in [2.24, 2.45) is 5.92 Å². The Morgan fingerprint density at radius 3 is 3.00 bits per heavy atom. The normalized spacial score (nSPS) is 24.0. The van der Waals surface area contributed by atoms with Crippen molar-refractivity contribution >= 4 is 5.69 Å². The minimum Gasteiger partial charge on any atom is -0.396 e. The number of hydrogen-bond acceptors (Lipinski definition) is 4. The van der Waals surface area contributed by atoms with Crippen molar-refractivity contribution in [2.75, 3.05) is 11.9 Å². The van der Waals surface area contributed by atoms with Crippen LogP contribution in [0.3, 0.4) is 0 Å². The molecule has 1 saturated carbocycles. The Labute approximate surface area is 94.9 Å². The number of hydrogen-bond donors (Lipinski definition) is 2. The van der Waals surface area contributed by atoms with Gasteiger partial charge in [-0.05, 0) is 25.0 Å². The number of nitriles is 1. The monoisotopic (exact) mass is 217 g/mol. The van der Waals surface area contributed by atoms with Gasteiger partial charge in [0, 0.05) is 18.6 Å². The fourth-order valence-corrected chi connectivity index (χ4v) is 2.20. The van der Waals surface area contributed by atoms with E-state index >= 15 is 0 Å². The Kier molecular flexibility index (Phi) is 3.37. The second-order valence-corrected chi connectivity index (χ2v) is 4.17. The first-order chi connectivity index (χ1) is 7.83. The molecule has 1 aliphatic carbocycles. The molecule has 0 bridgehead atoms. The van der Waals surface area contributed by atoms with Gasteiger partial charge in [0.15, 0.2) is 0 Å². The van der Waals surface area contributed by atoms with Gasteiger partial charge in [-0.25, -0.2) is 4.98 Å². The van der Waals surface area contributed by atoms with Crippen molar-refractivity contribution in [3.05, 3.63) is 24.0 Å². The zero-order valence-electron chi connectivity index (χ0n) is 9.06. The second-order valence-electron chi connectivity index (χ2n) is 4.17. The third-order valence-corrected chi connectivity index (χ3v) is 3.12. The Hall–Kier alpha value is -1.60. The molecule has 0 amide bonds. The average molecular weight is 217 g/mol. The number of rotatable bonds is 3. The van der Waals surface area contributed by atoms with Crippen molar-refractivity contribution in [1.29, 1.82) is 5.26 Å². The molecule has 1 aromatic heterocycles. The van der Waals surface area contributed by atoms with Crippen molar-refractivity contribution in [3.63, 3.8) is 0 Å². The van der Waals surface area contributed by atoms with E-state index in [0.717, 1.165) is 24.9 Å². The molecule has 1 aromatic rings. The third kappa shape index (κ3) is 2.31. The van der Waals surface area contributed by atoms with Crippen LogP contribution in [0.2, 0.25) is 0 Å². The lowest BCUT2D eigenvalue weighted by Gasteiger charge is -2.19. The lowest BCUT2D eigenvalue weighted by Crippen LogP contribution is -2.26. The van der Waals surface area contributed by atoms with Crippen molar-refractivity contribution in [1.82, 2.24) is 4.98 Å². The van der Waals surface area contributed by atoms with Gasteiger partial charge in [0.1, 0.15) is 11.8 Å². The first kappa shape index (κ1) is 10.9. The predicted octanol–water partition coefficient (Wildman–Crippen LogP) is 1.53. The molecule has 0 spiro atoms. The first-order valence-electron chi connectivity index (χ1n) is 5.57. The largest absolute Gasteiger partial charge is 0.396 e. The fraction of sp³-hybridized carbons (Fsp3) is 0.500. The van der Waals surface area contributed by atoms with E-state index in [1.807, 2.05) is 12.1 Å². The van der Waals surface area contributed by atoms with Crippen molar-refractivity contribution < 1.29 is 5.11 Å². The lowest BCUT2D eigenvalue weighted by atomic mass is 10.1. The first-order valence-corrected chi connectivity index (χ1v) is 5.57. The summed E-state index contributed by atoms with van der Waals surface area (Å²) in [6.07, 6.45) is 5.00. The standard InChI is InChI=1S/C12H15N3O/c13-6-10-4-5-11(7-14-10)15-12-3-1-2-9(12)8-16/h4-5,7,9,12,15-16H,1-3,8H2/t9-,12+/m0/s1. The molecule has 0 saturated heterocycles. The molecule has 84 valence electrons. The van der Waals surface area contributed by atoms with E-state index in [4.69, 9.17) is 5.26 Å². The lowest BCUT2D eigenvalue weighted by molar-refractivity contribution is 0.222. The number of aliphatic hydroxyl groups is 1. The van der Waals surface area contributed by atoms with Crippen molar-refractivity contribution in [3.8, 4) is 6.07 Å². The SMILES string of the molecule is N#Cc1ccc(N[C@@H]2CCC[C@H]2CO)cn1. The highest BCUT2D eigenvalue weighted by Gasteiger charge is 2.26. The molecule has 1 aliphatic rings. The molecule has 0 radical (unpaired) electrons. The molecule has 1 heterocycles. The van der Waals surface area contributed by atoms with Gasteiger partial charge in [0.2, 0.25) is 0 Å². The van der Waals surface area contributed by atoms with Gasteiger partial charge >= 0.3 is 0 Å². The quantitative estimate of drug-likeness (QED) is 0.805. The van der Waals surface area contributed by atoms with Crippen LogP contribution in [0.25, 0.3) is 0 Å². The molecule has 2 N–H and O–H groups in total. The Morgan fingerprint density at radius 2 is 2.38 bits per heavy atom. The number of pyridine rings is 1. The zero-order chi connectivity index (χ0) is 11.4. The summed E-state index contributed by atoms with van der Waals surface area (Å²) in [7, 11) is 0. The topological polar surface area (TPSA) is 68.9 Å². The summed E-state index contributed by atoms with van der Waals surface area (Å²) in [5, 5.41) is 21.2. The van der Waals surface area contributed by atoms with Crippen LogP contribution in [0.4, 0.5) is 5.69 Å². The van der Waals surface area contributed by atoms with Crippen LogP contribution in [-0.2, 0) is 0 Å². The Morgan fingerprint density at radius 1 is 1.50 bits per heavy atom. The van der Waals surface area contributed by atoms with Crippen molar-refractivity contribution in [2.45, 2.75) is 25.3 Å². The Balaban J connectivity index is 2.00. The van der Waals surface area contributed by atoms with Crippen LogP contribution in [0.15, 0.2) is 18.3 Å². The molecule has 1 fully saturated rings. The average Bonchev–Trinajstić information content (AvgIpc) is 2.77. The van der Waals surface area contributed by atoms with Crippen LogP contribution in [0, 0.1) is 17.2 Å². The van der Waals surface area contributed by atoms with Crippen LogP contribution in [-0.4, -0.2) is 22.7 Å². The number of anilines is 1. The van der Waals surface area contributed by atoms with E-state index in [2.05, 4.69) is 10.3 Å². The number of aliphatic hydroxyl groups excluding tert-OH is 1. The molecule has 0 aromatic carbocycles. The zero-order valence-corrected chi connectivity index (χ0v) is 9.06. The maximum atomic E-state index is 9.20. The summed E-state index contributed by atoms with van der Waals surface area (Å²) in [4.78, 5) is 4.00. The summed E-state index contributed by atoms with van der Waals surface area (Å²) in [6.45, 7) is 0.237. The summed E-state index contributed by atoms with van der Waals surface area (Å²) >= 11 is 0. The van der Waals surface area contributed by atoms with Gasteiger partial charge in [-0.15, -0.1) is 0 Å². The number of aromatic nitrogens is 1. The molecule has 0 aliphatic heterocycles. The highest BCUT2D eigenvalue weighted by Crippen LogP contribution is 2.27. The van der Waals surface area contributed by atoms with Crippen LogP contribution < -0.4 is 5.32 Å². The minimum absolute atomic E-state index is 0.237. The summed E-state index contributed by atoms with van der Waals surface area (Å²) in [6, 6.07) is 5.88. The van der Waals surface area contributed by atoms with Gasteiger partial charge in [-0.3, -0.25) is 0 Å². The number of nitrogens with one attached hydrogen (secondary N) is 1. The Bertz CT molecular complexity index is 382. The molecule has 4 nitrogen and oxygen atoms in total. The van der Waals surface area contributed by atoms with Gasteiger partial charge in [0.05, 0.1) is 11.9 Å². The van der Waals surface area contributed by atoms with Gasteiger partial charge in [-0.1, -0.05) is 6.42 Å². The molecule has 0 unspecified atom stereocenters. The molecule has 4 heteroatoms. The summed E-state index contributed by atoms with van der Waals surface area (Å²) < 4.78 is 0. The predicted molar refractivity (Wildman–Crippen MR) is 60.8 cm³/mol. The van der Waals surface area contributed by atoms with Crippen LogP contribution in [0.5, 0.6) is 0 Å². The van der Waals surface area contributed by atoms with Crippen LogP contribution >= 0.6 is 0 Å². The molecule has 2 rings (SSSR count). The van der Waals surface area contributed by atoms with Gasteiger partial charge < -0.3 is 10.4 Å². The summed E-state index contributed by atoms with van der Waals surface area (Å²) in [5.41, 5.74) is 1.35. The molecule has 2 atom stereocenters. The third-order valence-electron chi connectivity index (χ3n) is 3.12. The second kappa shape index (κ2) is 4.95. The maximum absolute atomic E-state index is 9.20.